The second-order valence-electron chi connectivity index (χ2n) is 9.33. The highest BCUT2D eigenvalue weighted by atomic mass is 33.1. The lowest BCUT2D eigenvalue weighted by atomic mass is 10.1. The van der Waals surface area contributed by atoms with Gasteiger partial charge >= 0.3 is 11.9 Å². The Bertz CT molecular complexity index is 1500. The molecule has 1 aromatic carbocycles. The summed E-state index contributed by atoms with van der Waals surface area (Å²) in [5.41, 5.74) is 6.54. The van der Waals surface area contributed by atoms with Crippen LogP contribution in [0.3, 0.4) is 0 Å². The number of nitrogen functional groups attached to an aromatic ring is 1. The number of anilines is 2. The summed E-state index contributed by atoms with van der Waals surface area (Å²) >= 11 is 0. The van der Waals surface area contributed by atoms with E-state index in [9.17, 15) is 29.1 Å². The number of aliphatic carboxylic acids is 2. The number of hydrogen-bond acceptors (Lipinski definition) is 12. The first-order valence-electron chi connectivity index (χ1n) is 13.2. The SMILES string of the molecule is CC(CCC(=O)O)SSCCNC(=O)CC[C@H](NC(=O)c1ccc(NCc2cnc3nc(N)[nH]c(=O)c3n2)cc1)C(=O)O. The molecule has 0 aliphatic heterocycles. The molecule has 3 rings (SSSR count). The summed E-state index contributed by atoms with van der Waals surface area (Å²) in [4.78, 5) is 73.8. The van der Waals surface area contributed by atoms with Gasteiger partial charge in [-0.3, -0.25) is 24.2 Å². The summed E-state index contributed by atoms with van der Waals surface area (Å²) in [6.45, 7) is 2.55. The fourth-order valence-electron chi connectivity index (χ4n) is 3.62. The van der Waals surface area contributed by atoms with E-state index in [0.717, 1.165) is 0 Å². The van der Waals surface area contributed by atoms with E-state index in [2.05, 4.69) is 35.9 Å². The first-order chi connectivity index (χ1) is 20.5. The van der Waals surface area contributed by atoms with Crippen LogP contribution in [-0.2, 0) is 20.9 Å². The molecule has 0 radical (unpaired) electrons. The average molecular weight is 633 g/mol. The molecular weight excluding hydrogens is 600 g/mol. The van der Waals surface area contributed by atoms with Gasteiger partial charge in [-0.05, 0) is 37.1 Å². The van der Waals surface area contributed by atoms with Crippen LogP contribution >= 0.6 is 21.6 Å². The maximum atomic E-state index is 12.7. The Morgan fingerprint density at radius 2 is 1.81 bits per heavy atom. The van der Waals surface area contributed by atoms with Crippen LogP contribution < -0.4 is 27.2 Å². The van der Waals surface area contributed by atoms with Crippen LogP contribution in [-0.4, -0.2) is 77.5 Å². The average Bonchev–Trinajstić information content (AvgIpc) is 2.97. The summed E-state index contributed by atoms with van der Waals surface area (Å²) in [7, 11) is 3.07. The minimum atomic E-state index is -1.25. The van der Waals surface area contributed by atoms with Crippen LogP contribution in [0, 0.1) is 0 Å². The lowest BCUT2D eigenvalue weighted by Gasteiger charge is -2.15. The van der Waals surface area contributed by atoms with Gasteiger partial charge < -0.3 is 31.9 Å². The van der Waals surface area contributed by atoms with E-state index in [-0.39, 0.29) is 59.6 Å². The smallest absolute Gasteiger partial charge is 0.326 e. The zero-order valence-electron chi connectivity index (χ0n) is 23.2. The van der Waals surface area contributed by atoms with Gasteiger partial charge in [0.25, 0.3) is 11.5 Å². The quantitative estimate of drug-likeness (QED) is 0.0826. The molecule has 2 heterocycles. The lowest BCUT2D eigenvalue weighted by Crippen LogP contribution is -2.41. The first kappa shape index (κ1) is 33.1. The molecule has 1 unspecified atom stereocenters. The van der Waals surface area contributed by atoms with Crippen LogP contribution in [0.5, 0.6) is 0 Å². The number of carboxylic acid groups (broad SMARTS) is 2. The third-order valence-electron chi connectivity index (χ3n) is 5.87. The topological polar surface area (TPSA) is 242 Å². The predicted octanol–water partition coefficient (Wildman–Crippen LogP) is 1.62. The van der Waals surface area contributed by atoms with Gasteiger partial charge in [0.15, 0.2) is 11.2 Å². The van der Waals surface area contributed by atoms with E-state index in [1.54, 1.807) is 22.9 Å². The largest absolute Gasteiger partial charge is 0.481 e. The summed E-state index contributed by atoms with van der Waals surface area (Å²) in [5.74, 6) is -2.46. The van der Waals surface area contributed by atoms with Gasteiger partial charge in [-0.1, -0.05) is 28.5 Å². The number of fused-ring (bicyclic) bond motifs is 1. The molecule has 0 spiro atoms. The van der Waals surface area contributed by atoms with Gasteiger partial charge in [0.2, 0.25) is 11.9 Å². The van der Waals surface area contributed by atoms with E-state index < -0.39 is 29.4 Å². The van der Waals surface area contributed by atoms with E-state index >= 15 is 0 Å². The van der Waals surface area contributed by atoms with Crippen molar-refractivity contribution in [2.45, 2.75) is 50.4 Å². The van der Waals surface area contributed by atoms with Gasteiger partial charge in [0.1, 0.15) is 6.04 Å². The van der Waals surface area contributed by atoms with Gasteiger partial charge in [-0.2, -0.15) is 4.98 Å². The summed E-state index contributed by atoms with van der Waals surface area (Å²) in [6.07, 6.45) is 1.96. The number of nitrogens with two attached hydrogens (primary N) is 1. The molecule has 0 bridgehead atoms. The molecule has 0 fully saturated rings. The van der Waals surface area contributed by atoms with Crippen molar-refractivity contribution in [3.63, 3.8) is 0 Å². The van der Waals surface area contributed by atoms with E-state index in [1.807, 2.05) is 6.92 Å². The Morgan fingerprint density at radius 3 is 2.51 bits per heavy atom. The fraction of sp³-hybridized carbons (Fsp3) is 0.385. The van der Waals surface area contributed by atoms with Crippen molar-refractivity contribution < 1.29 is 29.4 Å². The molecule has 2 atom stereocenters. The number of hydrogen-bond donors (Lipinski definition) is 7. The van der Waals surface area contributed by atoms with Crippen molar-refractivity contribution >= 4 is 68.1 Å². The molecule has 0 saturated carbocycles. The van der Waals surface area contributed by atoms with Gasteiger partial charge in [0, 0.05) is 41.6 Å². The number of carboxylic acids is 2. The number of carbonyl (C=O) groups excluding carboxylic acids is 2. The summed E-state index contributed by atoms with van der Waals surface area (Å²) < 4.78 is 0. The summed E-state index contributed by atoms with van der Waals surface area (Å²) in [5, 5.41) is 26.7. The standard InChI is InChI=1S/C26H32N8O7S2/c1-14(2-9-20(36)37)43-42-11-10-28-19(35)8-7-18(25(40)41)32-23(38)15-3-5-16(6-4-15)29-12-17-13-30-22-21(31-17)24(39)34-26(27)33-22/h3-6,13-14,18,29H,2,7-12H2,1H3,(H,28,35)(H,32,38)(H,36,37)(H,40,41)(H3,27,30,33,34,39)/t14?,18-/m0/s1. The highest BCUT2D eigenvalue weighted by molar-refractivity contribution is 8.76. The van der Waals surface area contributed by atoms with E-state index in [1.165, 1.54) is 29.1 Å². The van der Waals surface area contributed by atoms with Crippen molar-refractivity contribution in [1.29, 1.82) is 0 Å². The third-order valence-corrected chi connectivity index (χ3v) is 8.84. The second kappa shape index (κ2) is 16.3. The Kier molecular flexibility index (Phi) is 12.6. The van der Waals surface area contributed by atoms with Crippen molar-refractivity contribution in [3.05, 3.63) is 52.1 Å². The minimum Gasteiger partial charge on any atom is -0.481 e. The normalized spacial score (nSPS) is 12.3. The van der Waals surface area contributed by atoms with Crippen molar-refractivity contribution in [3.8, 4) is 0 Å². The van der Waals surface area contributed by atoms with Crippen molar-refractivity contribution in [2.24, 2.45) is 0 Å². The predicted molar refractivity (Wildman–Crippen MR) is 164 cm³/mol. The van der Waals surface area contributed by atoms with E-state index in [4.69, 9.17) is 10.8 Å². The van der Waals surface area contributed by atoms with Crippen molar-refractivity contribution in [2.75, 3.05) is 23.3 Å². The Morgan fingerprint density at radius 1 is 1.07 bits per heavy atom. The molecule has 0 saturated heterocycles. The second-order valence-corrected chi connectivity index (χ2v) is 12.3. The van der Waals surface area contributed by atoms with Crippen LogP contribution in [0.25, 0.3) is 11.2 Å². The number of aromatic amines is 1. The van der Waals surface area contributed by atoms with Crippen LogP contribution in [0.4, 0.5) is 11.6 Å². The van der Waals surface area contributed by atoms with Gasteiger partial charge in [-0.25, -0.2) is 14.8 Å². The Hall–Kier alpha value is -4.38. The van der Waals surface area contributed by atoms with Gasteiger partial charge in [0.05, 0.1) is 18.4 Å². The molecule has 0 aliphatic rings. The van der Waals surface area contributed by atoms with Crippen molar-refractivity contribution in [1.82, 2.24) is 30.6 Å². The van der Waals surface area contributed by atoms with Crippen LogP contribution in [0.15, 0.2) is 35.3 Å². The molecule has 17 heteroatoms. The Balaban J connectivity index is 1.41. The summed E-state index contributed by atoms with van der Waals surface area (Å²) in [6, 6.07) is 5.04. The molecule has 2 aromatic heterocycles. The number of benzene rings is 1. The highest BCUT2D eigenvalue weighted by Gasteiger charge is 2.22. The lowest BCUT2D eigenvalue weighted by molar-refractivity contribution is -0.139. The minimum absolute atomic E-state index is 0.0544. The maximum absolute atomic E-state index is 12.7. The molecule has 2 amide bonds. The molecule has 8 N–H and O–H groups in total. The maximum Gasteiger partial charge on any atom is 0.326 e. The third kappa shape index (κ3) is 11.1. The molecular formula is C26H32N8O7S2. The zero-order chi connectivity index (χ0) is 31.4. The number of aromatic nitrogens is 4. The monoisotopic (exact) mass is 632 g/mol. The number of carbonyl (C=O) groups is 4. The van der Waals surface area contributed by atoms with Crippen LogP contribution in [0.2, 0.25) is 0 Å². The fourth-order valence-corrected chi connectivity index (χ4v) is 5.87. The van der Waals surface area contributed by atoms with Gasteiger partial charge in [-0.15, -0.1) is 0 Å². The number of rotatable bonds is 17. The molecule has 15 nitrogen and oxygen atoms in total. The number of nitrogens with zero attached hydrogens (tertiary/aromatic N) is 3. The molecule has 230 valence electrons. The zero-order valence-corrected chi connectivity index (χ0v) is 24.8. The first-order valence-corrected chi connectivity index (χ1v) is 15.6. The number of nitrogens with one attached hydrogen (secondary N) is 4. The molecule has 43 heavy (non-hydrogen) atoms. The number of amides is 2. The highest BCUT2D eigenvalue weighted by Crippen LogP contribution is 2.28. The van der Waals surface area contributed by atoms with Crippen LogP contribution in [0.1, 0.15) is 48.7 Å². The van der Waals surface area contributed by atoms with E-state index in [0.29, 0.717) is 30.1 Å². The Labute approximate surface area is 253 Å². The number of H-pyrrole nitrogens is 1. The molecule has 3 aromatic rings. The molecule has 0 aliphatic carbocycles.